The predicted octanol–water partition coefficient (Wildman–Crippen LogP) is 6.84. The summed E-state index contributed by atoms with van der Waals surface area (Å²) in [6.07, 6.45) is 0. The van der Waals surface area contributed by atoms with Crippen LogP contribution >= 0.6 is 46.9 Å². The lowest BCUT2D eigenvalue weighted by Gasteiger charge is -2.09. The Morgan fingerprint density at radius 3 is 2.45 bits per heavy atom. The van der Waals surface area contributed by atoms with Gasteiger partial charge in [0.1, 0.15) is 5.82 Å². The Morgan fingerprint density at radius 2 is 1.77 bits per heavy atom. The predicted molar refractivity (Wildman–Crippen MR) is 128 cm³/mol. The Morgan fingerprint density at radius 1 is 1.13 bits per heavy atom. The van der Waals surface area contributed by atoms with Gasteiger partial charge in [0.15, 0.2) is 14.1 Å². The van der Waals surface area contributed by atoms with Crippen LogP contribution in [-0.2, 0) is 0 Å². The molecule has 158 valence electrons. The van der Waals surface area contributed by atoms with Crippen LogP contribution in [-0.4, -0.2) is 25.9 Å². The van der Waals surface area contributed by atoms with Gasteiger partial charge >= 0.3 is 0 Å². The van der Waals surface area contributed by atoms with Crippen molar-refractivity contribution in [1.29, 1.82) is 0 Å². The molecule has 2 aromatic heterocycles. The van der Waals surface area contributed by atoms with E-state index in [4.69, 9.17) is 23.8 Å². The molecule has 31 heavy (non-hydrogen) atoms. The molecule has 0 aliphatic carbocycles. The van der Waals surface area contributed by atoms with E-state index in [2.05, 4.69) is 5.10 Å². The number of carbonyl (C=O) groups is 1. The second-order valence-electron chi connectivity index (χ2n) is 6.83. The van der Waals surface area contributed by atoms with E-state index in [0.717, 1.165) is 27.1 Å². The molecule has 2 heterocycles. The number of halogens is 2. The number of hydrogen-bond acceptors (Lipinski definition) is 5. The minimum Gasteiger partial charge on any atom is -0.318 e. The van der Waals surface area contributed by atoms with Gasteiger partial charge in [0.2, 0.25) is 0 Å². The molecule has 0 unspecified atom stereocenters. The number of ketones is 1. The van der Waals surface area contributed by atoms with Gasteiger partial charge in [0.25, 0.3) is 0 Å². The summed E-state index contributed by atoms with van der Waals surface area (Å²) in [7, 11) is 0. The molecule has 4 nitrogen and oxygen atoms in total. The molecule has 0 saturated heterocycles. The van der Waals surface area contributed by atoms with Crippen molar-refractivity contribution in [3.63, 3.8) is 0 Å². The van der Waals surface area contributed by atoms with Crippen LogP contribution in [0.25, 0.3) is 11.4 Å². The quantitative estimate of drug-likeness (QED) is 0.169. The SMILES string of the molecule is Cc1cc(C(=O)CSc2nn(-c3ccc(Cl)cc3)c(=S)s2)c(C)n1-c1ccc(F)cc1. The standard InChI is InChI=1S/C22H17ClFN3OS3/c1-13-11-19(14(2)26(13)17-9-5-16(24)6-10-17)20(28)12-30-21-25-27(22(29)31-21)18-7-3-15(23)4-8-18/h3-11H,12H2,1-2H3. The maximum atomic E-state index is 13.3. The third kappa shape index (κ3) is 4.67. The molecule has 0 aliphatic rings. The monoisotopic (exact) mass is 489 g/mol. The second-order valence-corrected chi connectivity index (χ2v) is 10.1. The number of aryl methyl sites for hydroxylation is 1. The van der Waals surface area contributed by atoms with Crippen molar-refractivity contribution in [2.24, 2.45) is 0 Å². The lowest BCUT2D eigenvalue weighted by atomic mass is 10.2. The number of Topliss-reactive ketones (excluding diaryl/α,β-unsaturated/α-hetero) is 1. The van der Waals surface area contributed by atoms with Gasteiger partial charge in [-0.3, -0.25) is 4.79 Å². The maximum absolute atomic E-state index is 13.3. The molecule has 0 fully saturated rings. The zero-order valence-corrected chi connectivity index (χ0v) is 19.8. The van der Waals surface area contributed by atoms with E-state index in [-0.39, 0.29) is 17.4 Å². The molecule has 0 N–H and O–H groups in total. The van der Waals surface area contributed by atoms with Crippen molar-refractivity contribution in [3.8, 4) is 11.4 Å². The fraction of sp³-hybridized carbons (Fsp3) is 0.136. The van der Waals surface area contributed by atoms with Crippen LogP contribution in [0.5, 0.6) is 0 Å². The van der Waals surface area contributed by atoms with Crippen molar-refractivity contribution in [2.75, 3.05) is 5.75 Å². The summed E-state index contributed by atoms with van der Waals surface area (Å²) in [4.78, 5) is 12.9. The van der Waals surface area contributed by atoms with Gasteiger partial charge < -0.3 is 4.57 Å². The van der Waals surface area contributed by atoms with Gasteiger partial charge in [0.05, 0.1) is 11.4 Å². The molecule has 0 bridgehead atoms. The molecule has 0 radical (unpaired) electrons. The van der Waals surface area contributed by atoms with Gasteiger partial charge in [-0.1, -0.05) is 34.7 Å². The average Bonchev–Trinajstić information content (AvgIpc) is 3.26. The number of carbonyl (C=O) groups excluding carboxylic acids is 1. The van der Waals surface area contributed by atoms with E-state index in [1.807, 2.05) is 36.6 Å². The molecular formula is C22H17ClFN3OS3. The van der Waals surface area contributed by atoms with Gasteiger partial charge in [0, 0.05) is 27.7 Å². The lowest BCUT2D eigenvalue weighted by molar-refractivity contribution is 0.102. The highest BCUT2D eigenvalue weighted by Crippen LogP contribution is 2.27. The van der Waals surface area contributed by atoms with Crippen LogP contribution in [0.15, 0.2) is 58.9 Å². The Labute approximate surface area is 197 Å². The first-order valence-electron chi connectivity index (χ1n) is 9.30. The number of thioether (sulfide) groups is 1. The highest BCUT2D eigenvalue weighted by Gasteiger charge is 2.18. The molecular weight excluding hydrogens is 473 g/mol. The normalized spacial score (nSPS) is 11.1. The molecule has 0 amide bonds. The average molecular weight is 490 g/mol. The highest BCUT2D eigenvalue weighted by molar-refractivity contribution is 8.01. The first kappa shape index (κ1) is 22.0. The van der Waals surface area contributed by atoms with E-state index >= 15 is 0 Å². The third-order valence-corrected chi connectivity index (χ3v) is 7.36. The topological polar surface area (TPSA) is 39.8 Å². The second kappa shape index (κ2) is 9.08. The van der Waals surface area contributed by atoms with Crippen LogP contribution in [0, 0.1) is 23.6 Å². The van der Waals surface area contributed by atoms with E-state index in [1.54, 1.807) is 28.9 Å². The summed E-state index contributed by atoms with van der Waals surface area (Å²) in [5, 5.41) is 5.18. The minimum absolute atomic E-state index is 0.00521. The first-order valence-corrected chi connectivity index (χ1v) is 11.9. The molecule has 0 saturated carbocycles. The Kier molecular flexibility index (Phi) is 6.43. The zero-order valence-electron chi connectivity index (χ0n) is 16.6. The van der Waals surface area contributed by atoms with Gasteiger partial charge in [-0.15, -0.1) is 5.10 Å². The Bertz CT molecular complexity index is 1310. The largest absolute Gasteiger partial charge is 0.318 e. The molecule has 0 atom stereocenters. The number of rotatable bonds is 6. The highest BCUT2D eigenvalue weighted by atomic mass is 35.5. The van der Waals surface area contributed by atoms with E-state index in [1.165, 1.54) is 35.2 Å². The van der Waals surface area contributed by atoms with Crippen molar-refractivity contribution in [1.82, 2.24) is 14.3 Å². The number of aromatic nitrogens is 3. The molecule has 9 heteroatoms. The van der Waals surface area contributed by atoms with Crippen LogP contribution in [0.3, 0.4) is 0 Å². The fourth-order valence-corrected chi connectivity index (χ4v) is 5.67. The van der Waals surface area contributed by atoms with Crippen molar-refractivity contribution in [3.05, 3.63) is 86.3 Å². The molecule has 4 rings (SSSR count). The van der Waals surface area contributed by atoms with Crippen molar-refractivity contribution < 1.29 is 9.18 Å². The minimum atomic E-state index is -0.292. The van der Waals surface area contributed by atoms with E-state index in [9.17, 15) is 9.18 Å². The summed E-state index contributed by atoms with van der Waals surface area (Å²) in [6.45, 7) is 3.83. The first-order chi connectivity index (χ1) is 14.8. The molecule has 4 aromatic rings. The number of hydrogen-bond donors (Lipinski definition) is 0. The van der Waals surface area contributed by atoms with E-state index < -0.39 is 0 Å². The number of benzene rings is 2. The van der Waals surface area contributed by atoms with E-state index in [0.29, 0.717) is 14.5 Å². The Hall–Kier alpha value is -2.26. The molecule has 2 aromatic carbocycles. The third-order valence-electron chi connectivity index (χ3n) is 4.74. The van der Waals surface area contributed by atoms with Crippen LogP contribution in [0.4, 0.5) is 4.39 Å². The summed E-state index contributed by atoms with van der Waals surface area (Å²) in [5.74, 6) is -0.0405. The van der Waals surface area contributed by atoms with Crippen molar-refractivity contribution >= 4 is 52.7 Å². The summed E-state index contributed by atoms with van der Waals surface area (Å²) < 4.78 is 18.2. The van der Waals surface area contributed by atoms with Crippen molar-refractivity contribution in [2.45, 2.75) is 18.2 Å². The smallest absolute Gasteiger partial charge is 0.184 e. The zero-order chi connectivity index (χ0) is 22.1. The summed E-state index contributed by atoms with van der Waals surface area (Å²) in [6, 6.07) is 15.4. The molecule has 0 aliphatic heterocycles. The molecule has 0 spiro atoms. The number of nitrogens with zero attached hydrogens (tertiary/aromatic N) is 3. The van der Waals surface area contributed by atoms with Gasteiger partial charge in [-0.05, 0) is 80.7 Å². The van der Waals surface area contributed by atoms with Crippen LogP contribution < -0.4 is 0 Å². The Balaban J connectivity index is 1.52. The maximum Gasteiger partial charge on any atom is 0.184 e. The van der Waals surface area contributed by atoms with Crippen LogP contribution in [0.2, 0.25) is 5.02 Å². The van der Waals surface area contributed by atoms with Gasteiger partial charge in [-0.2, -0.15) is 0 Å². The lowest BCUT2D eigenvalue weighted by Crippen LogP contribution is -2.05. The fourth-order valence-electron chi connectivity index (χ4n) is 3.30. The summed E-state index contributed by atoms with van der Waals surface area (Å²) >= 11 is 14.1. The van der Waals surface area contributed by atoms with Gasteiger partial charge in [-0.25, -0.2) is 9.07 Å². The summed E-state index contributed by atoms with van der Waals surface area (Å²) in [5.41, 5.74) is 4.04. The van der Waals surface area contributed by atoms with Crippen LogP contribution in [0.1, 0.15) is 21.7 Å².